The highest BCUT2D eigenvalue weighted by Crippen LogP contribution is 2.41. The molecule has 2 aromatic carbocycles. The third kappa shape index (κ3) is 3.31. The standard InChI is InChI=1S/C23H25ClN2O2/c1-26-15-19(18-6-2-3-7-20(18)26)21(27)14-25-22(28)23(12-4-5-13-23)16-8-10-17(24)11-9-16/h2-3,6-11,15,21,27H,4-5,12-14H2,1H3,(H,25,28). The molecule has 1 fully saturated rings. The molecule has 1 heterocycles. The quantitative estimate of drug-likeness (QED) is 0.667. The lowest BCUT2D eigenvalue weighted by Gasteiger charge is -2.29. The smallest absolute Gasteiger partial charge is 0.230 e. The van der Waals surface area contributed by atoms with E-state index < -0.39 is 11.5 Å². The summed E-state index contributed by atoms with van der Waals surface area (Å²) in [6, 6.07) is 15.6. The van der Waals surface area contributed by atoms with Gasteiger partial charge in [0.25, 0.3) is 0 Å². The van der Waals surface area contributed by atoms with Crippen molar-refractivity contribution in [3.8, 4) is 0 Å². The number of amides is 1. The molecule has 1 atom stereocenters. The predicted molar refractivity (Wildman–Crippen MR) is 112 cm³/mol. The largest absolute Gasteiger partial charge is 0.386 e. The Bertz CT molecular complexity index is 988. The minimum atomic E-state index is -0.751. The molecule has 0 radical (unpaired) electrons. The Morgan fingerprint density at radius 2 is 1.86 bits per heavy atom. The van der Waals surface area contributed by atoms with Gasteiger partial charge in [0.05, 0.1) is 11.5 Å². The number of aromatic nitrogens is 1. The van der Waals surface area contributed by atoms with Crippen molar-refractivity contribution >= 4 is 28.4 Å². The summed E-state index contributed by atoms with van der Waals surface area (Å²) in [5, 5.41) is 15.5. The maximum atomic E-state index is 13.2. The van der Waals surface area contributed by atoms with Crippen LogP contribution in [0.15, 0.2) is 54.7 Å². The highest BCUT2D eigenvalue weighted by atomic mass is 35.5. The fraction of sp³-hybridized carbons (Fsp3) is 0.348. The van der Waals surface area contributed by atoms with Crippen molar-refractivity contribution in [2.24, 2.45) is 7.05 Å². The van der Waals surface area contributed by atoms with Crippen molar-refractivity contribution in [2.75, 3.05) is 6.54 Å². The third-order valence-corrected chi connectivity index (χ3v) is 6.28. The highest BCUT2D eigenvalue weighted by molar-refractivity contribution is 6.30. The minimum absolute atomic E-state index is 0.00777. The number of benzene rings is 2. The van der Waals surface area contributed by atoms with Gasteiger partial charge in [0.1, 0.15) is 0 Å². The van der Waals surface area contributed by atoms with Gasteiger partial charge in [0.15, 0.2) is 0 Å². The van der Waals surface area contributed by atoms with E-state index in [1.165, 1.54) is 0 Å². The number of aliphatic hydroxyl groups is 1. The monoisotopic (exact) mass is 396 g/mol. The fourth-order valence-electron chi connectivity index (χ4n) is 4.50. The Morgan fingerprint density at radius 1 is 1.18 bits per heavy atom. The van der Waals surface area contributed by atoms with Crippen molar-refractivity contribution in [1.82, 2.24) is 9.88 Å². The molecule has 1 unspecified atom stereocenters. The van der Waals surface area contributed by atoms with Gasteiger partial charge in [0, 0.05) is 41.3 Å². The summed E-state index contributed by atoms with van der Waals surface area (Å²) in [6.07, 6.45) is 4.89. The lowest BCUT2D eigenvalue weighted by atomic mass is 9.78. The van der Waals surface area contributed by atoms with Gasteiger partial charge in [0.2, 0.25) is 5.91 Å². The molecule has 3 aromatic rings. The molecule has 1 aromatic heterocycles. The number of aryl methyl sites for hydroxylation is 1. The Morgan fingerprint density at radius 3 is 2.57 bits per heavy atom. The van der Waals surface area contributed by atoms with Crippen LogP contribution in [-0.4, -0.2) is 22.1 Å². The zero-order valence-electron chi connectivity index (χ0n) is 16.0. The van der Waals surface area contributed by atoms with Gasteiger partial charge in [-0.2, -0.15) is 0 Å². The van der Waals surface area contributed by atoms with E-state index in [9.17, 15) is 9.90 Å². The molecule has 0 saturated heterocycles. The maximum Gasteiger partial charge on any atom is 0.230 e. The Labute approximate surface area is 170 Å². The average Bonchev–Trinajstić information content (AvgIpc) is 3.33. The number of hydrogen-bond donors (Lipinski definition) is 2. The Kier molecular flexibility index (Phi) is 5.17. The molecule has 1 aliphatic rings. The van der Waals surface area contributed by atoms with Crippen LogP contribution in [0, 0.1) is 0 Å². The average molecular weight is 397 g/mol. The number of nitrogens with one attached hydrogen (secondary N) is 1. The van der Waals surface area contributed by atoms with Crippen molar-refractivity contribution in [2.45, 2.75) is 37.2 Å². The third-order valence-electron chi connectivity index (χ3n) is 6.03. The van der Waals surface area contributed by atoms with Crippen LogP contribution in [-0.2, 0) is 17.3 Å². The number of carbonyl (C=O) groups is 1. The van der Waals surface area contributed by atoms with Gasteiger partial charge in [-0.1, -0.05) is 54.8 Å². The fourth-order valence-corrected chi connectivity index (χ4v) is 4.63. The van der Waals surface area contributed by atoms with E-state index in [-0.39, 0.29) is 12.5 Å². The van der Waals surface area contributed by atoms with Crippen molar-refractivity contribution in [3.05, 3.63) is 70.9 Å². The van der Waals surface area contributed by atoms with Crippen molar-refractivity contribution < 1.29 is 9.90 Å². The SMILES string of the molecule is Cn1cc(C(O)CNC(=O)C2(c3ccc(Cl)cc3)CCCC2)c2ccccc21. The molecule has 0 bridgehead atoms. The summed E-state index contributed by atoms with van der Waals surface area (Å²) in [7, 11) is 1.96. The molecule has 1 amide bonds. The zero-order valence-corrected chi connectivity index (χ0v) is 16.7. The van der Waals surface area contributed by atoms with E-state index in [0.29, 0.717) is 5.02 Å². The summed E-state index contributed by atoms with van der Waals surface area (Å²) in [5.74, 6) is -0.00777. The summed E-state index contributed by atoms with van der Waals surface area (Å²) in [6.45, 7) is 0.197. The summed E-state index contributed by atoms with van der Waals surface area (Å²) in [5.41, 5.74) is 2.39. The van der Waals surface area contributed by atoms with Gasteiger partial charge >= 0.3 is 0 Å². The van der Waals surface area contributed by atoms with Gasteiger partial charge in [-0.05, 0) is 36.6 Å². The number of fused-ring (bicyclic) bond motifs is 1. The molecule has 0 aliphatic heterocycles. The molecule has 146 valence electrons. The zero-order chi connectivity index (χ0) is 19.7. The number of rotatable bonds is 5. The summed E-state index contributed by atoms with van der Waals surface area (Å²) in [4.78, 5) is 13.2. The molecule has 1 aliphatic carbocycles. The second kappa shape index (κ2) is 7.61. The van der Waals surface area contributed by atoms with Crippen LogP contribution in [0.3, 0.4) is 0 Å². The molecule has 28 heavy (non-hydrogen) atoms. The van der Waals surface area contributed by atoms with Gasteiger partial charge in [-0.25, -0.2) is 0 Å². The van der Waals surface area contributed by atoms with Crippen molar-refractivity contribution in [1.29, 1.82) is 0 Å². The minimum Gasteiger partial charge on any atom is -0.386 e. The number of para-hydroxylation sites is 1. The highest BCUT2D eigenvalue weighted by Gasteiger charge is 2.42. The first-order valence-corrected chi connectivity index (χ1v) is 10.2. The van der Waals surface area contributed by atoms with Crippen molar-refractivity contribution in [3.63, 3.8) is 0 Å². The Balaban J connectivity index is 1.53. The number of halogens is 1. The second-order valence-corrected chi connectivity index (χ2v) is 8.17. The topological polar surface area (TPSA) is 54.3 Å². The molecule has 1 saturated carbocycles. The van der Waals surface area contributed by atoms with Crippen LogP contribution in [0.1, 0.15) is 42.9 Å². The van der Waals surface area contributed by atoms with Crippen LogP contribution in [0.4, 0.5) is 0 Å². The van der Waals surface area contributed by atoms with Gasteiger partial charge in [-0.15, -0.1) is 0 Å². The maximum absolute atomic E-state index is 13.2. The number of hydrogen-bond acceptors (Lipinski definition) is 2. The molecule has 2 N–H and O–H groups in total. The molecule has 4 nitrogen and oxygen atoms in total. The predicted octanol–water partition coefficient (Wildman–Crippen LogP) is 4.49. The summed E-state index contributed by atoms with van der Waals surface area (Å²) < 4.78 is 2.00. The first kappa shape index (κ1) is 19.0. The van der Waals surface area contributed by atoms with Crippen LogP contribution in [0.2, 0.25) is 5.02 Å². The molecule has 0 spiro atoms. The van der Waals surface area contributed by atoms with E-state index >= 15 is 0 Å². The van der Waals surface area contributed by atoms with Gasteiger partial charge in [-0.3, -0.25) is 4.79 Å². The molecule has 5 heteroatoms. The van der Waals surface area contributed by atoms with Crippen LogP contribution in [0.25, 0.3) is 10.9 Å². The molecular formula is C23H25ClN2O2. The Hall–Kier alpha value is -2.30. The van der Waals surface area contributed by atoms with E-state index in [1.54, 1.807) is 0 Å². The van der Waals surface area contributed by atoms with Crippen LogP contribution >= 0.6 is 11.6 Å². The first-order chi connectivity index (χ1) is 13.5. The molecular weight excluding hydrogens is 372 g/mol. The van der Waals surface area contributed by atoms with E-state index in [2.05, 4.69) is 5.32 Å². The molecule has 4 rings (SSSR count). The summed E-state index contributed by atoms with van der Waals surface area (Å²) >= 11 is 6.03. The number of aliphatic hydroxyl groups excluding tert-OH is 1. The number of nitrogens with zero attached hydrogens (tertiary/aromatic N) is 1. The lowest BCUT2D eigenvalue weighted by Crippen LogP contribution is -2.44. The normalized spacial score (nSPS) is 17.0. The van der Waals surface area contributed by atoms with Crippen LogP contribution < -0.4 is 5.32 Å². The first-order valence-electron chi connectivity index (χ1n) is 9.78. The second-order valence-electron chi connectivity index (χ2n) is 7.73. The lowest BCUT2D eigenvalue weighted by molar-refractivity contribution is -0.127. The van der Waals surface area contributed by atoms with Gasteiger partial charge < -0.3 is 15.0 Å². The number of carbonyl (C=O) groups excluding carboxylic acids is 1. The van der Waals surface area contributed by atoms with E-state index in [0.717, 1.165) is 47.7 Å². The van der Waals surface area contributed by atoms with E-state index in [4.69, 9.17) is 11.6 Å². The van der Waals surface area contributed by atoms with E-state index in [1.807, 2.05) is 66.3 Å². The van der Waals surface area contributed by atoms with Crippen LogP contribution in [0.5, 0.6) is 0 Å².